The molecule has 0 aromatic heterocycles. The zero-order valence-electron chi connectivity index (χ0n) is 12.0. The van der Waals surface area contributed by atoms with Crippen molar-refractivity contribution in [2.24, 2.45) is 0 Å². The number of hydrogen-bond acceptors (Lipinski definition) is 2. The Balaban J connectivity index is 2.32. The van der Waals surface area contributed by atoms with Gasteiger partial charge in [0, 0.05) is 22.5 Å². The summed E-state index contributed by atoms with van der Waals surface area (Å²) in [6.07, 6.45) is 0. The van der Waals surface area contributed by atoms with Crippen LogP contribution < -0.4 is 11.5 Å². The van der Waals surface area contributed by atoms with E-state index < -0.39 is 0 Å². The fourth-order valence-electron chi connectivity index (χ4n) is 2.72. The second kappa shape index (κ2) is 5.33. The lowest BCUT2D eigenvalue weighted by molar-refractivity contribution is 1.45. The molecule has 0 aliphatic heterocycles. The highest BCUT2D eigenvalue weighted by atomic mass is 14.6. The summed E-state index contributed by atoms with van der Waals surface area (Å²) in [5, 5.41) is 0. The van der Waals surface area contributed by atoms with E-state index >= 15 is 0 Å². The molecule has 0 amide bonds. The van der Waals surface area contributed by atoms with E-state index in [0.717, 1.165) is 33.6 Å². The average molecular weight is 274 g/mol. The van der Waals surface area contributed by atoms with Crippen molar-refractivity contribution < 1.29 is 0 Å². The Labute approximate surface area is 125 Å². The van der Waals surface area contributed by atoms with Crippen molar-refractivity contribution >= 4 is 11.4 Å². The van der Waals surface area contributed by atoms with E-state index in [1.165, 1.54) is 5.56 Å². The van der Waals surface area contributed by atoms with E-state index in [-0.39, 0.29) is 0 Å². The SMILES string of the molecule is Cc1cccc(-c2ccccc2N)c1-c1ccccc1N. The molecule has 0 saturated heterocycles. The number of nitrogen functional groups attached to an aromatic ring is 2. The van der Waals surface area contributed by atoms with Gasteiger partial charge in [0.15, 0.2) is 0 Å². The first-order valence-corrected chi connectivity index (χ1v) is 6.98. The van der Waals surface area contributed by atoms with Gasteiger partial charge in [-0.05, 0) is 35.7 Å². The molecule has 21 heavy (non-hydrogen) atoms. The molecule has 0 aliphatic rings. The first-order chi connectivity index (χ1) is 10.2. The van der Waals surface area contributed by atoms with Crippen molar-refractivity contribution in [2.75, 3.05) is 11.5 Å². The largest absolute Gasteiger partial charge is 0.398 e. The van der Waals surface area contributed by atoms with E-state index in [9.17, 15) is 0 Å². The molecule has 104 valence electrons. The lowest BCUT2D eigenvalue weighted by Gasteiger charge is -2.16. The van der Waals surface area contributed by atoms with E-state index in [1.54, 1.807) is 0 Å². The Hall–Kier alpha value is -2.74. The van der Waals surface area contributed by atoms with Gasteiger partial charge >= 0.3 is 0 Å². The Morgan fingerprint density at radius 3 is 1.71 bits per heavy atom. The number of benzene rings is 3. The Kier molecular flexibility index (Phi) is 3.36. The summed E-state index contributed by atoms with van der Waals surface area (Å²) in [6.45, 7) is 2.10. The Morgan fingerprint density at radius 1 is 0.571 bits per heavy atom. The van der Waals surface area contributed by atoms with Crippen LogP contribution in [0.1, 0.15) is 5.56 Å². The molecule has 0 aliphatic carbocycles. The molecule has 3 aromatic rings. The summed E-state index contributed by atoms with van der Waals surface area (Å²) >= 11 is 0. The van der Waals surface area contributed by atoms with Gasteiger partial charge in [-0.15, -0.1) is 0 Å². The zero-order chi connectivity index (χ0) is 14.8. The smallest absolute Gasteiger partial charge is 0.0394 e. The van der Waals surface area contributed by atoms with Crippen LogP contribution in [0.25, 0.3) is 22.3 Å². The Morgan fingerprint density at radius 2 is 1.10 bits per heavy atom. The normalized spacial score (nSPS) is 10.5. The summed E-state index contributed by atoms with van der Waals surface area (Å²) in [5.41, 5.74) is 19.4. The van der Waals surface area contributed by atoms with Crippen LogP contribution in [0, 0.1) is 6.92 Å². The van der Waals surface area contributed by atoms with Crippen LogP contribution in [0.2, 0.25) is 0 Å². The molecule has 0 fully saturated rings. The summed E-state index contributed by atoms with van der Waals surface area (Å²) in [6, 6.07) is 22.1. The van der Waals surface area contributed by atoms with Gasteiger partial charge in [-0.3, -0.25) is 0 Å². The molecule has 3 rings (SSSR count). The maximum Gasteiger partial charge on any atom is 0.0394 e. The monoisotopic (exact) mass is 274 g/mol. The van der Waals surface area contributed by atoms with Gasteiger partial charge in [0.25, 0.3) is 0 Å². The number of rotatable bonds is 2. The molecule has 4 N–H and O–H groups in total. The van der Waals surface area contributed by atoms with Gasteiger partial charge in [-0.2, -0.15) is 0 Å². The number of nitrogens with two attached hydrogens (primary N) is 2. The molecular formula is C19H18N2. The van der Waals surface area contributed by atoms with Gasteiger partial charge < -0.3 is 11.5 Å². The van der Waals surface area contributed by atoms with Crippen molar-refractivity contribution in [1.29, 1.82) is 0 Å². The quantitative estimate of drug-likeness (QED) is 0.676. The first kappa shape index (κ1) is 13.3. The van der Waals surface area contributed by atoms with Crippen molar-refractivity contribution in [2.45, 2.75) is 6.92 Å². The van der Waals surface area contributed by atoms with Gasteiger partial charge in [0.2, 0.25) is 0 Å². The van der Waals surface area contributed by atoms with E-state index in [2.05, 4.69) is 31.2 Å². The standard InChI is InChI=1S/C19H18N2/c1-13-7-6-10-15(14-8-2-4-11-17(14)20)19(13)16-9-3-5-12-18(16)21/h2-12H,20-21H2,1H3. The molecular weight excluding hydrogens is 256 g/mol. The second-order valence-corrected chi connectivity index (χ2v) is 5.17. The van der Waals surface area contributed by atoms with E-state index in [4.69, 9.17) is 11.5 Å². The van der Waals surface area contributed by atoms with Crippen LogP contribution in [0.5, 0.6) is 0 Å². The number of para-hydroxylation sites is 2. The predicted molar refractivity (Wildman–Crippen MR) is 90.9 cm³/mol. The third-order valence-corrected chi connectivity index (χ3v) is 3.75. The van der Waals surface area contributed by atoms with Crippen LogP contribution in [-0.2, 0) is 0 Å². The molecule has 0 bridgehead atoms. The predicted octanol–water partition coefficient (Wildman–Crippen LogP) is 4.49. The third kappa shape index (κ3) is 2.36. The zero-order valence-corrected chi connectivity index (χ0v) is 12.0. The maximum atomic E-state index is 6.18. The van der Waals surface area contributed by atoms with Gasteiger partial charge in [0.1, 0.15) is 0 Å². The number of aryl methyl sites for hydroxylation is 1. The maximum absolute atomic E-state index is 6.18. The van der Waals surface area contributed by atoms with Crippen LogP contribution in [0.3, 0.4) is 0 Å². The van der Waals surface area contributed by atoms with E-state index in [0.29, 0.717) is 0 Å². The molecule has 0 unspecified atom stereocenters. The number of anilines is 2. The minimum atomic E-state index is 0.777. The van der Waals surface area contributed by atoms with Crippen molar-refractivity contribution in [1.82, 2.24) is 0 Å². The van der Waals surface area contributed by atoms with Crippen LogP contribution in [0.15, 0.2) is 66.7 Å². The molecule has 0 spiro atoms. The summed E-state index contributed by atoms with van der Waals surface area (Å²) in [7, 11) is 0. The lowest BCUT2D eigenvalue weighted by atomic mass is 9.89. The number of hydrogen-bond donors (Lipinski definition) is 2. The fraction of sp³-hybridized carbons (Fsp3) is 0.0526. The first-order valence-electron chi connectivity index (χ1n) is 6.98. The van der Waals surface area contributed by atoms with Crippen molar-refractivity contribution in [3.8, 4) is 22.3 Å². The highest BCUT2D eigenvalue weighted by Gasteiger charge is 2.13. The van der Waals surface area contributed by atoms with Gasteiger partial charge in [0.05, 0.1) is 0 Å². The summed E-state index contributed by atoms with van der Waals surface area (Å²) in [5.74, 6) is 0. The van der Waals surface area contributed by atoms with Gasteiger partial charge in [-0.1, -0.05) is 54.6 Å². The molecule has 0 saturated carbocycles. The van der Waals surface area contributed by atoms with Crippen molar-refractivity contribution in [3.05, 3.63) is 72.3 Å². The fourth-order valence-corrected chi connectivity index (χ4v) is 2.72. The van der Waals surface area contributed by atoms with Crippen LogP contribution in [0.4, 0.5) is 11.4 Å². The third-order valence-electron chi connectivity index (χ3n) is 3.75. The lowest BCUT2D eigenvalue weighted by Crippen LogP contribution is -1.96. The highest BCUT2D eigenvalue weighted by molar-refractivity contribution is 5.93. The molecule has 2 heteroatoms. The van der Waals surface area contributed by atoms with Gasteiger partial charge in [-0.25, -0.2) is 0 Å². The topological polar surface area (TPSA) is 52.0 Å². The molecule has 3 aromatic carbocycles. The van der Waals surface area contributed by atoms with Crippen LogP contribution >= 0.6 is 0 Å². The van der Waals surface area contributed by atoms with Crippen LogP contribution in [-0.4, -0.2) is 0 Å². The van der Waals surface area contributed by atoms with Crippen molar-refractivity contribution in [3.63, 3.8) is 0 Å². The molecule has 0 heterocycles. The average Bonchev–Trinajstić information content (AvgIpc) is 2.49. The molecule has 0 radical (unpaired) electrons. The van der Waals surface area contributed by atoms with E-state index in [1.807, 2.05) is 42.5 Å². The summed E-state index contributed by atoms with van der Waals surface area (Å²) < 4.78 is 0. The Bertz CT molecular complexity index is 791. The molecule has 0 atom stereocenters. The minimum absolute atomic E-state index is 0.777. The highest BCUT2D eigenvalue weighted by Crippen LogP contribution is 2.39. The second-order valence-electron chi connectivity index (χ2n) is 5.17. The summed E-state index contributed by atoms with van der Waals surface area (Å²) in [4.78, 5) is 0. The minimum Gasteiger partial charge on any atom is -0.398 e. The molecule has 2 nitrogen and oxygen atoms in total.